The number of likely N-dealkylation sites (tertiary alicyclic amines) is 1. The largest absolute Gasteiger partial charge is 0.300 e. The number of rotatable bonds is 4. The van der Waals surface area contributed by atoms with Crippen molar-refractivity contribution in [2.24, 2.45) is 11.8 Å². The smallest absolute Gasteiger partial charge is 0.130 e. The van der Waals surface area contributed by atoms with Gasteiger partial charge in [0.15, 0.2) is 0 Å². The number of ketones is 1. The van der Waals surface area contributed by atoms with Crippen LogP contribution < -0.4 is 0 Å². The summed E-state index contributed by atoms with van der Waals surface area (Å²) in [5.74, 6) is 1.68. The third-order valence-corrected chi connectivity index (χ3v) is 2.97. The van der Waals surface area contributed by atoms with Crippen LogP contribution in [0.25, 0.3) is 0 Å². The van der Waals surface area contributed by atoms with Gasteiger partial charge in [-0.3, -0.25) is 0 Å². The molecular formula is C12H23NO. The van der Waals surface area contributed by atoms with E-state index in [1.54, 1.807) is 6.92 Å². The summed E-state index contributed by atoms with van der Waals surface area (Å²) in [6, 6.07) is 0.668. The van der Waals surface area contributed by atoms with Gasteiger partial charge in [-0.25, -0.2) is 0 Å². The van der Waals surface area contributed by atoms with Gasteiger partial charge in [0.05, 0.1) is 0 Å². The van der Waals surface area contributed by atoms with E-state index in [9.17, 15) is 4.79 Å². The zero-order valence-corrected chi connectivity index (χ0v) is 9.92. The second kappa shape index (κ2) is 4.92. The number of carbonyl (C=O) groups is 1. The first-order valence-corrected chi connectivity index (χ1v) is 5.72. The Hall–Kier alpha value is -0.370. The molecule has 0 aromatic rings. The Morgan fingerprint density at radius 1 is 1.50 bits per heavy atom. The Morgan fingerprint density at radius 3 is 2.64 bits per heavy atom. The van der Waals surface area contributed by atoms with Crippen molar-refractivity contribution < 1.29 is 4.79 Å². The second-order valence-electron chi connectivity index (χ2n) is 5.20. The molecular weight excluding hydrogens is 174 g/mol. The molecule has 2 unspecified atom stereocenters. The molecule has 0 bridgehead atoms. The standard InChI is InChI=1S/C12H23NO/c1-9(2)7-13-8-12(5-10(13)3)6-11(4)14/h9-10,12H,5-8H2,1-4H3. The molecule has 0 aliphatic carbocycles. The first kappa shape index (κ1) is 11.7. The Morgan fingerprint density at radius 2 is 2.14 bits per heavy atom. The lowest BCUT2D eigenvalue weighted by atomic mass is 10.0. The molecule has 1 aliphatic rings. The van der Waals surface area contributed by atoms with Crippen LogP contribution in [0.2, 0.25) is 0 Å². The van der Waals surface area contributed by atoms with E-state index in [-0.39, 0.29) is 0 Å². The molecule has 1 heterocycles. The SMILES string of the molecule is CC(=O)CC1CC(C)N(CC(C)C)C1. The fourth-order valence-corrected chi connectivity index (χ4v) is 2.50. The van der Waals surface area contributed by atoms with Crippen molar-refractivity contribution in [2.75, 3.05) is 13.1 Å². The molecule has 2 atom stereocenters. The molecule has 0 amide bonds. The van der Waals surface area contributed by atoms with Crippen molar-refractivity contribution in [1.82, 2.24) is 4.90 Å². The lowest BCUT2D eigenvalue weighted by molar-refractivity contribution is -0.117. The van der Waals surface area contributed by atoms with Crippen molar-refractivity contribution >= 4 is 5.78 Å². The van der Waals surface area contributed by atoms with Crippen LogP contribution in [0.4, 0.5) is 0 Å². The third kappa shape index (κ3) is 3.41. The van der Waals surface area contributed by atoms with Gasteiger partial charge in [0.25, 0.3) is 0 Å². The molecule has 14 heavy (non-hydrogen) atoms. The molecule has 1 fully saturated rings. The number of Topliss-reactive ketones (excluding diaryl/α,β-unsaturated/α-hetero) is 1. The van der Waals surface area contributed by atoms with Crippen LogP contribution >= 0.6 is 0 Å². The fourth-order valence-electron chi connectivity index (χ4n) is 2.50. The van der Waals surface area contributed by atoms with Crippen molar-refractivity contribution in [3.05, 3.63) is 0 Å². The summed E-state index contributed by atoms with van der Waals surface area (Å²) in [6.45, 7) is 10.8. The highest BCUT2D eigenvalue weighted by molar-refractivity contribution is 5.75. The van der Waals surface area contributed by atoms with Crippen LogP contribution in [0.1, 0.15) is 40.5 Å². The lowest BCUT2D eigenvalue weighted by Crippen LogP contribution is -2.30. The minimum Gasteiger partial charge on any atom is -0.300 e. The molecule has 0 radical (unpaired) electrons. The van der Waals surface area contributed by atoms with E-state index in [1.807, 2.05) is 0 Å². The number of hydrogen-bond acceptors (Lipinski definition) is 2. The maximum atomic E-state index is 11.0. The van der Waals surface area contributed by atoms with Crippen molar-refractivity contribution in [1.29, 1.82) is 0 Å². The highest BCUT2D eigenvalue weighted by Crippen LogP contribution is 2.26. The molecule has 1 rings (SSSR count). The van der Waals surface area contributed by atoms with Gasteiger partial charge in [-0.1, -0.05) is 13.8 Å². The van der Waals surface area contributed by atoms with Gasteiger partial charge in [-0.15, -0.1) is 0 Å². The molecule has 0 saturated carbocycles. The quantitative estimate of drug-likeness (QED) is 0.689. The number of carbonyl (C=O) groups excluding carboxylic acids is 1. The van der Waals surface area contributed by atoms with E-state index >= 15 is 0 Å². The Balaban J connectivity index is 2.39. The van der Waals surface area contributed by atoms with Gasteiger partial charge in [-0.2, -0.15) is 0 Å². The predicted molar refractivity (Wildman–Crippen MR) is 59.3 cm³/mol. The summed E-state index contributed by atoms with van der Waals surface area (Å²) in [4.78, 5) is 13.5. The number of hydrogen-bond donors (Lipinski definition) is 0. The van der Waals surface area contributed by atoms with E-state index in [0.717, 1.165) is 18.9 Å². The Labute approximate surface area is 87.7 Å². The molecule has 2 heteroatoms. The van der Waals surface area contributed by atoms with E-state index < -0.39 is 0 Å². The highest BCUT2D eigenvalue weighted by Gasteiger charge is 2.29. The van der Waals surface area contributed by atoms with Crippen LogP contribution in [-0.2, 0) is 4.79 Å². The maximum Gasteiger partial charge on any atom is 0.130 e. The summed E-state index contributed by atoms with van der Waals surface area (Å²) < 4.78 is 0. The van der Waals surface area contributed by atoms with Crippen LogP contribution in [0.15, 0.2) is 0 Å². The maximum absolute atomic E-state index is 11.0. The molecule has 0 aromatic heterocycles. The zero-order valence-electron chi connectivity index (χ0n) is 9.92. The molecule has 0 spiro atoms. The number of nitrogens with zero attached hydrogens (tertiary/aromatic N) is 1. The average molecular weight is 197 g/mol. The summed E-state index contributed by atoms with van der Waals surface area (Å²) in [5, 5.41) is 0. The molecule has 0 N–H and O–H groups in total. The minimum atomic E-state index is 0.341. The average Bonchev–Trinajstić information content (AvgIpc) is 2.28. The normalized spacial score (nSPS) is 28.6. The van der Waals surface area contributed by atoms with Gasteiger partial charge in [0.1, 0.15) is 5.78 Å². The molecule has 1 saturated heterocycles. The van der Waals surface area contributed by atoms with E-state index in [2.05, 4.69) is 25.7 Å². The van der Waals surface area contributed by atoms with Crippen molar-refractivity contribution in [3.63, 3.8) is 0 Å². The summed E-state index contributed by atoms with van der Waals surface area (Å²) in [7, 11) is 0. The topological polar surface area (TPSA) is 20.3 Å². The Bertz CT molecular complexity index is 200. The van der Waals surface area contributed by atoms with Gasteiger partial charge < -0.3 is 9.69 Å². The fraction of sp³-hybridized carbons (Fsp3) is 0.917. The second-order valence-corrected chi connectivity index (χ2v) is 5.20. The monoisotopic (exact) mass is 197 g/mol. The third-order valence-electron chi connectivity index (χ3n) is 2.97. The minimum absolute atomic E-state index is 0.341. The lowest BCUT2D eigenvalue weighted by Gasteiger charge is -2.22. The zero-order chi connectivity index (χ0) is 10.7. The first-order chi connectivity index (χ1) is 6.49. The van der Waals surface area contributed by atoms with Gasteiger partial charge in [0.2, 0.25) is 0 Å². The first-order valence-electron chi connectivity index (χ1n) is 5.72. The van der Waals surface area contributed by atoms with Crippen molar-refractivity contribution in [3.8, 4) is 0 Å². The molecule has 2 nitrogen and oxygen atoms in total. The van der Waals surface area contributed by atoms with E-state index in [4.69, 9.17) is 0 Å². The Kier molecular flexibility index (Phi) is 4.11. The van der Waals surface area contributed by atoms with Gasteiger partial charge in [-0.05, 0) is 32.1 Å². The summed E-state index contributed by atoms with van der Waals surface area (Å²) in [5.41, 5.74) is 0. The van der Waals surface area contributed by atoms with Gasteiger partial charge in [0, 0.05) is 25.6 Å². The predicted octanol–water partition coefficient (Wildman–Crippen LogP) is 2.33. The molecule has 82 valence electrons. The summed E-state index contributed by atoms with van der Waals surface area (Å²) in [6.07, 6.45) is 1.98. The molecule has 1 aliphatic heterocycles. The van der Waals surface area contributed by atoms with Crippen molar-refractivity contribution in [2.45, 2.75) is 46.6 Å². The van der Waals surface area contributed by atoms with Crippen LogP contribution in [-0.4, -0.2) is 29.8 Å². The molecule has 0 aromatic carbocycles. The highest BCUT2D eigenvalue weighted by atomic mass is 16.1. The van der Waals surface area contributed by atoms with E-state index in [0.29, 0.717) is 17.7 Å². The van der Waals surface area contributed by atoms with Gasteiger partial charge >= 0.3 is 0 Å². The van der Waals surface area contributed by atoms with E-state index in [1.165, 1.54) is 13.0 Å². The summed E-state index contributed by atoms with van der Waals surface area (Å²) >= 11 is 0. The van der Waals surface area contributed by atoms with Crippen LogP contribution in [0, 0.1) is 11.8 Å². The van der Waals surface area contributed by atoms with Crippen LogP contribution in [0.3, 0.4) is 0 Å². The van der Waals surface area contributed by atoms with Crippen LogP contribution in [0.5, 0.6) is 0 Å².